The zero-order valence-electron chi connectivity index (χ0n) is 9.54. The van der Waals surface area contributed by atoms with Gasteiger partial charge in [-0.2, -0.15) is 5.26 Å². The summed E-state index contributed by atoms with van der Waals surface area (Å²) in [6.07, 6.45) is 0.978. The Hall–Kier alpha value is -1.61. The molecular formula is C10H17N3O3. The minimum Gasteiger partial charge on any atom is -0.396 e. The molecule has 0 aromatic carbocycles. The van der Waals surface area contributed by atoms with E-state index in [1.165, 1.54) is 0 Å². The molecule has 0 aromatic rings. The van der Waals surface area contributed by atoms with Crippen molar-refractivity contribution in [2.75, 3.05) is 13.2 Å². The van der Waals surface area contributed by atoms with Crippen molar-refractivity contribution < 1.29 is 14.7 Å². The van der Waals surface area contributed by atoms with Crippen molar-refractivity contribution in [1.82, 2.24) is 10.6 Å². The number of nitriles is 1. The van der Waals surface area contributed by atoms with Crippen LogP contribution in [-0.2, 0) is 9.59 Å². The number of nitrogens with zero attached hydrogens (tertiary/aromatic N) is 1. The summed E-state index contributed by atoms with van der Waals surface area (Å²) in [6, 6.07) is 1.70. The van der Waals surface area contributed by atoms with Crippen molar-refractivity contribution in [1.29, 1.82) is 5.26 Å². The van der Waals surface area contributed by atoms with Gasteiger partial charge in [0, 0.05) is 12.1 Å². The lowest BCUT2D eigenvalue weighted by molar-refractivity contribution is -0.140. The van der Waals surface area contributed by atoms with Gasteiger partial charge in [-0.3, -0.25) is 9.59 Å². The van der Waals surface area contributed by atoms with Gasteiger partial charge in [-0.25, -0.2) is 0 Å². The highest BCUT2D eigenvalue weighted by Crippen LogP contribution is 2.13. The summed E-state index contributed by atoms with van der Waals surface area (Å²) < 4.78 is 0. The monoisotopic (exact) mass is 227 g/mol. The molecule has 0 aliphatic heterocycles. The highest BCUT2D eigenvalue weighted by Gasteiger charge is 2.26. The van der Waals surface area contributed by atoms with Crippen LogP contribution in [0.25, 0.3) is 0 Å². The van der Waals surface area contributed by atoms with Crippen LogP contribution < -0.4 is 10.6 Å². The van der Waals surface area contributed by atoms with E-state index in [1.807, 2.05) is 6.92 Å². The maximum absolute atomic E-state index is 11.4. The van der Waals surface area contributed by atoms with Gasteiger partial charge in [0.1, 0.15) is 6.54 Å². The number of aliphatic hydroxyl groups is 1. The van der Waals surface area contributed by atoms with Crippen molar-refractivity contribution in [2.45, 2.75) is 32.2 Å². The molecule has 3 N–H and O–H groups in total. The van der Waals surface area contributed by atoms with Gasteiger partial charge in [0.15, 0.2) is 0 Å². The van der Waals surface area contributed by atoms with Crippen LogP contribution in [0, 0.1) is 11.3 Å². The Morgan fingerprint density at radius 3 is 2.50 bits per heavy atom. The van der Waals surface area contributed by atoms with Crippen LogP contribution in [0.5, 0.6) is 0 Å². The summed E-state index contributed by atoms with van der Waals surface area (Å²) in [4.78, 5) is 22.5. The number of carbonyl (C=O) groups is 2. The van der Waals surface area contributed by atoms with E-state index >= 15 is 0 Å². The maximum atomic E-state index is 11.4. The van der Waals surface area contributed by atoms with Gasteiger partial charge in [-0.15, -0.1) is 0 Å². The molecule has 1 atom stereocenters. The van der Waals surface area contributed by atoms with E-state index in [0.29, 0.717) is 12.8 Å². The van der Waals surface area contributed by atoms with E-state index in [2.05, 4.69) is 10.6 Å². The first kappa shape index (κ1) is 14.4. The largest absolute Gasteiger partial charge is 0.396 e. The second-order valence-electron chi connectivity index (χ2n) is 3.68. The van der Waals surface area contributed by atoms with Gasteiger partial charge in [-0.1, -0.05) is 6.92 Å². The Bertz CT molecular complexity index is 298. The van der Waals surface area contributed by atoms with Crippen molar-refractivity contribution >= 4 is 11.8 Å². The summed E-state index contributed by atoms with van der Waals surface area (Å²) in [6.45, 7) is 3.33. The number of nitrogens with one attached hydrogen (secondary N) is 2. The van der Waals surface area contributed by atoms with Crippen molar-refractivity contribution in [2.24, 2.45) is 0 Å². The van der Waals surface area contributed by atoms with Gasteiger partial charge >= 0.3 is 11.8 Å². The SMILES string of the molecule is CCC(C)(CCO)NC(=O)C(=O)NCC#N. The molecule has 2 amide bonds. The molecule has 16 heavy (non-hydrogen) atoms. The third-order valence-electron chi connectivity index (χ3n) is 2.39. The highest BCUT2D eigenvalue weighted by molar-refractivity contribution is 6.35. The lowest BCUT2D eigenvalue weighted by Gasteiger charge is -2.28. The van der Waals surface area contributed by atoms with Gasteiger partial charge in [0.25, 0.3) is 0 Å². The lowest BCUT2D eigenvalue weighted by atomic mass is 9.95. The fourth-order valence-electron chi connectivity index (χ4n) is 1.11. The molecule has 90 valence electrons. The molecule has 6 nitrogen and oxygen atoms in total. The van der Waals surface area contributed by atoms with Gasteiger partial charge in [0.2, 0.25) is 0 Å². The molecule has 0 aliphatic rings. The van der Waals surface area contributed by atoms with Gasteiger partial charge in [-0.05, 0) is 19.8 Å². The molecule has 0 rings (SSSR count). The summed E-state index contributed by atoms with van der Waals surface area (Å²) in [5.74, 6) is -1.62. The molecule has 0 bridgehead atoms. The predicted molar refractivity (Wildman–Crippen MR) is 57.2 cm³/mol. The Morgan fingerprint density at radius 2 is 2.06 bits per heavy atom. The number of carbonyl (C=O) groups excluding carboxylic acids is 2. The van der Waals surface area contributed by atoms with Crippen LogP contribution in [0.2, 0.25) is 0 Å². The molecule has 0 aromatic heterocycles. The summed E-state index contributed by atoms with van der Waals surface area (Å²) in [5, 5.41) is 21.7. The topological polar surface area (TPSA) is 102 Å². The quantitative estimate of drug-likeness (QED) is 0.426. The molecule has 0 heterocycles. The van der Waals surface area contributed by atoms with Crippen molar-refractivity contribution in [3.05, 3.63) is 0 Å². The Balaban J connectivity index is 4.30. The van der Waals surface area contributed by atoms with E-state index < -0.39 is 17.4 Å². The lowest BCUT2D eigenvalue weighted by Crippen LogP contribution is -2.51. The van der Waals surface area contributed by atoms with E-state index in [4.69, 9.17) is 10.4 Å². The van der Waals surface area contributed by atoms with E-state index in [1.54, 1.807) is 13.0 Å². The van der Waals surface area contributed by atoms with Gasteiger partial charge in [0.05, 0.1) is 6.07 Å². The maximum Gasteiger partial charge on any atom is 0.310 e. The number of hydrogen-bond acceptors (Lipinski definition) is 4. The second-order valence-corrected chi connectivity index (χ2v) is 3.68. The normalized spacial score (nSPS) is 13.4. The second kappa shape index (κ2) is 6.80. The molecule has 0 fully saturated rings. The number of hydrogen-bond donors (Lipinski definition) is 3. The molecule has 0 spiro atoms. The average molecular weight is 227 g/mol. The third-order valence-corrected chi connectivity index (χ3v) is 2.39. The van der Waals surface area contributed by atoms with E-state index in [-0.39, 0.29) is 13.2 Å². The molecule has 0 aliphatic carbocycles. The van der Waals surface area contributed by atoms with Crippen LogP contribution in [0.3, 0.4) is 0 Å². The average Bonchev–Trinajstić information content (AvgIpc) is 2.26. The van der Waals surface area contributed by atoms with E-state index in [0.717, 1.165) is 0 Å². The summed E-state index contributed by atoms with van der Waals surface area (Å²) in [7, 11) is 0. The molecule has 0 radical (unpaired) electrons. The van der Waals surface area contributed by atoms with Crippen molar-refractivity contribution in [3.63, 3.8) is 0 Å². The first-order chi connectivity index (χ1) is 7.49. The molecular weight excluding hydrogens is 210 g/mol. The predicted octanol–water partition coefficient (Wildman–Crippen LogP) is -0.707. The first-order valence-corrected chi connectivity index (χ1v) is 5.07. The standard InChI is InChI=1S/C10H17N3O3/c1-3-10(2,4-7-14)13-9(16)8(15)12-6-5-11/h14H,3-4,6-7H2,1-2H3,(H,12,15)(H,13,16). The zero-order chi connectivity index (χ0) is 12.6. The summed E-state index contributed by atoms with van der Waals surface area (Å²) >= 11 is 0. The van der Waals surface area contributed by atoms with Crippen LogP contribution in [-0.4, -0.2) is 35.6 Å². The molecule has 0 saturated carbocycles. The minimum absolute atomic E-state index is 0.0650. The molecule has 1 unspecified atom stereocenters. The van der Waals surface area contributed by atoms with E-state index in [9.17, 15) is 9.59 Å². The smallest absolute Gasteiger partial charge is 0.310 e. The number of amides is 2. The number of rotatable bonds is 5. The number of aliphatic hydroxyl groups excluding tert-OH is 1. The molecule has 6 heteroatoms. The van der Waals surface area contributed by atoms with Crippen molar-refractivity contribution in [3.8, 4) is 6.07 Å². The fraction of sp³-hybridized carbons (Fsp3) is 0.700. The Labute approximate surface area is 94.6 Å². The first-order valence-electron chi connectivity index (χ1n) is 5.07. The third kappa shape index (κ3) is 4.75. The zero-order valence-corrected chi connectivity index (χ0v) is 9.54. The van der Waals surface area contributed by atoms with Gasteiger partial charge < -0.3 is 15.7 Å². The highest BCUT2D eigenvalue weighted by atomic mass is 16.3. The van der Waals surface area contributed by atoms with Crippen LogP contribution in [0.1, 0.15) is 26.7 Å². The summed E-state index contributed by atoms with van der Waals surface area (Å²) in [5.41, 5.74) is -0.601. The Morgan fingerprint density at radius 1 is 1.44 bits per heavy atom. The van der Waals surface area contributed by atoms with Crippen LogP contribution in [0.4, 0.5) is 0 Å². The molecule has 0 saturated heterocycles. The minimum atomic E-state index is -0.834. The fourth-order valence-corrected chi connectivity index (χ4v) is 1.11. The Kier molecular flexibility index (Phi) is 6.11. The van der Waals surface area contributed by atoms with Crippen LogP contribution in [0.15, 0.2) is 0 Å². The van der Waals surface area contributed by atoms with Crippen LogP contribution >= 0.6 is 0 Å².